The zero-order valence-corrected chi connectivity index (χ0v) is 21.0. The van der Waals surface area contributed by atoms with E-state index in [1.807, 2.05) is 51.1 Å². The van der Waals surface area contributed by atoms with Crippen LogP contribution in [0.4, 0.5) is 5.69 Å². The van der Waals surface area contributed by atoms with Crippen LogP contribution in [0, 0.1) is 13.8 Å². The molecular weight excluding hydrogens is 448 g/mol. The Labute approximate surface area is 206 Å². The minimum absolute atomic E-state index is 0.0958. The van der Waals surface area contributed by atoms with Crippen molar-refractivity contribution in [3.63, 3.8) is 0 Å². The molecule has 0 aliphatic rings. The average molecular weight is 479 g/mol. The molecule has 3 aromatic carbocycles. The van der Waals surface area contributed by atoms with Crippen molar-refractivity contribution in [3.8, 4) is 11.1 Å². The van der Waals surface area contributed by atoms with Crippen LogP contribution in [-0.2, 0) is 11.2 Å². The molecule has 0 aromatic heterocycles. The van der Waals surface area contributed by atoms with Crippen LogP contribution in [0.1, 0.15) is 59.4 Å². The fourth-order valence-electron chi connectivity index (χ4n) is 3.97. The highest BCUT2D eigenvalue weighted by Crippen LogP contribution is 2.29. The van der Waals surface area contributed by atoms with E-state index in [9.17, 15) is 9.59 Å². The molecule has 0 radical (unpaired) electrons. The maximum atomic E-state index is 12.6. The summed E-state index contributed by atoms with van der Waals surface area (Å²) in [6.45, 7) is 9.58. The summed E-state index contributed by atoms with van der Waals surface area (Å²) in [5, 5.41) is 16.0. The second-order valence-electron chi connectivity index (χ2n) is 8.67. The van der Waals surface area contributed by atoms with Crippen molar-refractivity contribution in [2.24, 2.45) is 0 Å². The third-order valence-electron chi connectivity index (χ3n) is 5.99. The summed E-state index contributed by atoms with van der Waals surface area (Å²) in [5.74, 6) is -1.44. The summed E-state index contributed by atoms with van der Waals surface area (Å²) in [4.78, 5) is 23.7. The van der Waals surface area contributed by atoms with Gasteiger partial charge in [0.05, 0.1) is 0 Å². The molecule has 2 unspecified atom stereocenters. The van der Waals surface area contributed by atoms with Crippen LogP contribution in [0.25, 0.3) is 11.1 Å². The van der Waals surface area contributed by atoms with E-state index in [-0.39, 0.29) is 11.9 Å². The van der Waals surface area contributed by atoms with E-state index in [4.69, 9.17) is 16.7 Å². The van der Waals surface area contributed by atoms with E-state index in [1.165, 1.54) is 12.5 Å². The van der Waals surface area contributed by atoms with E-state index in [0.717, 1.165) is 38.5 Å². The lowest BCUT2D eigenvalue weighted by molar-refractivity contribution is -0.138. The molecule has 3 N–H and O–H groups in total. The molecule has 6 heteroatoms. The summed E-state index contributed by atoms with van der Waals surface area (Å²) >= 11 is 6.33. The van der Waals surface area contributed by atoms with Gasteiger partial charge in [0.2, 0.25) is 0 Å². The summed E-state index contributed by atoms with van der Waals surface area (Å²) in [7, 11) is 0. The van der Waals surface area contributed by atoms with Crippen LogP contribution >= 0.6 is 11.6 Å². The maximum Gasteiger partial charge on any atom is 0.325 e. The molecule has 1 amide bonds. The first kappa shape index (κ1) is 25.3. The summed E-state index contributed by atoms with van der Waals surface area (Å²) in [5.41, 5.74) is 7.67. The number of hydrogen-bond donors (Lipinski definition) is 3. The third-order valence-corrected chi connectivity index (χ3v) is 6.58. The molecule has 5 nitrogen and oxygen atoms in total. The molecule has 0 saturated carbocycles. The maximum absolute atomic E-state index is 12.6. The topological polar surface area (TPSA) is 78.4 Å². The Morgan fingerprint density at radius 1 is 0.971 bits per heavy atom. The fourth-order valence-corrected chi connectivity index (χ4v) is 4.08. The van der Waals surface area contributed by atoms with Gasteiger partial charge in [-0.2, -0.15) is 0 Å². The van der Waals surface area contributed by atoms with Crippen LogP contribution in [0.15, 0.2) is 54.6 Å². The van der Waals surface area contributed by atoms with E-state index in [1.54, 1.807) is 6.07 Å². The van der Waals surface area contributed by atoms with Crippen molar-refractivity contribution in [1.82, 2.24) is 5.32 Å². The molecule has 3 aromatic rings. The molecule has 34 heavy (non-hydrogen) atoms. The largest absolute Gasteiger partial charge is 0.480 e. The standard InChI is InChI=1S/C28H31ClN2O3/c1-6-20-14-22(10-11-25(20)27(32)31-19(5)28(33)34)21-8-7-9-24(15-21)30-18(4)23-12-16(2)26(29)17(3)13-23/h7-15,18-19,30H,6H2,1-5H3,(H,31,32)(H,33,34). The van der Waals surface area contributed by atoms with Gasteiger partial charge in [-0.15, -0.1) is 0 Å². The van der Waals surface area contributed by atoms with Gasteiger partial charge in [0.25, 0.3) is 5.91 Å². The molecule has 0 bridgehead atoms. The number of halogens is 1. The van der Waals surface area contributed by atoms with Gasteiger partial charge in [0.1, 0.15) is 6.04 Å². The number of rotatable bonds is 8. The first-order valence-electron chi connectivity index (χ1n) is 11.4. The van der Waals surface area contributed by atoms with Crippen LogP contribution < -0.4 is 10.6 Å². The van der Waals surface area contributed by atoms with Crippen LogP contribution in [0.3, 0.4) is 0 Å². The highest BCUT2D eigenvalue weighted by atomic mass is 35.5. The lowest BCUT2D eigenvalue weighted by Crippen LogP contribution is -2.38. The fraction of sp³-hybridized carbons (Fsp3) is 0.286. The molecule has 178 valence electrons. The van der Waals surface area contributed by atoms with Crippen molar-refractivity contribution in [3.05, 3.63) is 87.4 Å². The number of benzene rings is 3. The molecule has 0 aliphatic carbocycles. The van der Waals surface area contributed by atoms with Crippen molar-refractivity contribution in [1.29, 1.82) is 0 Å². The number of carbonyl (C=O) groups is 2. The molecule has 0 aliphatic heterocycles. The molecule has 2 atom stereocenters. The van der Waals surface area contributed by atoms with Gasteiger partial charge >= 0.3 is 5.97 Å². The first-order chi connectivity index (χ1) is 16.1. The number of aliphatic carboxylic acids is 1. The molecule has 0 saturated heterocycles. The van der Waals surface area contributed by atoms with Gasteiger partial charge in [0.15, 0.2) is 0 Å². The average Bonchev–Trinajstić information content (AvgIpc) is 2.81. The van der Waals surface area contributed by atoms with Crippen molar-refractivity contribution in [2.45, 2.75) is 53.1 Å². The molecule has 0 heterocycles. The predicted octanol–water partition coefficient (Wildman–Crippen LogP) is 6.56. The molecule has 0 spiro atoms. The Hall–Kier alpha value is -3.31. The molecular formula is C28H31ClN2O3. The third kappa shape index (κ3) is 5.78. The number of carbonyl (C=O) groups excluding carboxylic acids is 1. The van der Waals surface area contributed by atoms with E-state index >= 15 is 0 Å². The number of amides is 1. The van der Waals surface area contributed by atoms with Crippen molar-refractivity contribution < 1.29 is 14.7 Å². The highest BCUT2D eigenvalue weighted by Gasteiger charge is 2.18. The number of nitrogens with one attached hydrogen (secondary N) is 2. The van der Waals surface area contributed by atoms with Crippen LogP contribution in [0.5, 0.6) is 0 Å². The minimum atomic E-state index is -1.06. The number of carboxylic acids is 1. The van der Waals surface area contributed by atoms with Crippen molar-refractivity contribution in [2.75, 3.05) is 5.32 Å². The van der Waals surface area contributed by atoms with Gasteiger partial charge in [-0.3, -0.25) is 9.59 Å². The summed E-state index contributed by atoms with van der Waals surface area (Å²) in [6, 6.07) is 17.2. The van der Waals surface area contributed by atoms with Gasteiger partial charge in [-0.25, -0.2) is 0 Å². The number of hydrogen-bond acceptors (Lipinski definition) is 3. The van der Waals surface area contributed by atoms with Crippen LogP contribution in [-0.4, -0.2) is 23.0 Å². The number of aryl methyl sites for hydroxylation is 3. The zero-order chi connectivity index (χ0) is 25.0. The highest BCUT2D eigenvalue weighted by molar-refractivity contribution is 6.32. The lowest BCUT2D eigenvalue weighted by Gasteiger charge is -2.19. The Kier molecular flexibility index (Phi) is 8.00. The van der Waals surface area contributed by atoms with Gasteiger partial charge in [-0.1, -0.05) is 54.9 Å². The number of carboxylic acid groups (broad SMARTS) is 1. The Bertz CT molecular complexity index is 1200. The zero-order valence-electron chi connectivity index (χ0n) is 20.2. The quantitative estimate of drug-likeness (QED) is 0.342. The first-order valence-corrected chi connectivity index (χ1v) is 11.8. The van der Waals surface area contributed by atoms with E-state index in [2.05, 4.69) is 35.8 Å². The van der Waals surface area contributed by atoms with Crippen molar-refractivity contribution >= 4 is 29.2 Å². The second-order valence-corrected chi connectivity index (χ2v) is 9.05. The molecule has 3 rings (SSSR count). The second kappa shape index (κ2) is 10.7. The Balaban J connectivity index is 1.83. The monoisotopic (exact) mass is 478 g/mol. The summed E-state index contributed by atoms with van der Waals surface area (Å²) in [6.07, 6.45) is 0.655. The normalized spacial score (nSPS) is 12.6. The van der Waals surface area contributed by atoms with Crippen LogP contribution in [0.2, 0.25) is 5.02 Å². The van der Waals surface area contributed by atoms with Gasteiger partial charge in [0, 0.05) is 22.3 Å². The Morgan fingerprint density at radius 3 is 2.24 bits per heavy atom. The Morgan fingerprint density at radius 2 is 1.62 bits per heavy atom. The van der Waals surface area contributed by atoms with Gasteiger partial charge in [-0.05, 0) is 85.7 Å². The smallest absolute Gasteiger partial charge is 0.325 e. The van der Waals surface area contributed by atoms with Gasteiger partial charge < -0.3 is 15.7 Å². The predicted molar refractivity (Wildman–Crippen MR) is 139 cm³/mol. The lowest BCUT2D eigenvalue weighted by atomic mass is 9.96. The van der Waals surface area contributed by atoms with E-state index in [0.29, 0.717) is 12.0 Å². The minimum Gasteiger partial charge on any atom is -0.480 e. The van der Waals surface area contributed by atoms with E-state index < -0.39 is 12.0 Å². The summed E-state index contributed by atoms with van der Waals surface area (Å²) < 4.78 is 0. The molecule has 0 fully saturated rings. The number of anilines is 1. The SMILES string of the molecule is CCc1cc(-c2cccc(NC(C)c3cc(C)c(Cl)c(C)c3)c2)ccc1C(=O)NC(C)C(=O)O.